The molecule has 27 heavy (non-hydrogen) atoms. The molecule has 0 bridgehead atoms. The first-order valence-electron chi connectivity index (χ1n) is 9.01. The molecule has 0 saturated carbocycles. The molecule has 146 valence electrons. The molecule has 0 radical (unpaired) electrons. The third kappa shape index (κ3) is 4.27. The van der Waals surface area contributed by atoms with Crippen LogP contribution in [-0.2, 0) is 6.54 Å². The van der Waals surface area contributed by atoms with Gasteiger partial charge in [-0.15, -0.1) is 11.3 Å². The molecule has 1 fully saturated rings. The molecular formula is C17H25N7OS2. The second-order valence-corrected chi connectivity index (χ2v) is 8.25. The molecule has 0 amide bonds. The number of anilines is 2. The first-order chi connectivity index (χ1) is 12.9. The zero-order valence-corrected chi connectivity index (χ0v) is 18.0. The van der Waals surface area contributed by atoms with Gasteiger partial charge in [0.05, 0.1) is 10.6 Å². The maximum Gasteiger partial charge on any atom is 0.352 e. The summed E-state index contributed by atoms with van der Waals surface area (Å²) in [4.78, 5) is 23.9. The standard InChI is InChI=1S/C17H25N7OS2/c1-6-24-12(3)13(27-17(24)26)11(2)21-25-16-19-14(22(4)5)18-15(20-16)23-9-7-8-10-23/h6-10H2,1-5H3/b21-11+. The minimum atomic E-state index is 0.200. The molecule has 2 aromatic heterocycles. The lowest BCUT2D eigenvalue weighted by Crippen LogP contribution is -2.23. The van der Waals surface area contributed by atoms with Crippen LogP contribution in [-0.4, -0.2) is 52.4 Å². The quantitative estimate of drug-likeness (QED) is 0.413. The summed E-state index contributed by atoms with van der Waals surface area (Å²) in [6, 6.07) is 0.200. The predicted molar refractivity (Wildman–Crippen MR) is 112 cm³/mol. The smallest absolute Gasteiger partial charge is 0.347 e. The van der Waals surface area contributed by atoms with Crippen LogP contribution < -0.4 is 14.6 Å². The van der Waals surface area contributed by atoms with Crippen molar-refractivity contribution in [3.63, 3.8) is 0 Å². The molecule has 1 aliphatic rings. The van der Waals surface area contributed by atoms with Gasteiger partial charge in [0, 0.05) is 39.4 Å². The van der Waals surface area contributed by atoms with Gasteiger partial charge in [0.25, 0.3) is 0 Å². The number of oxime groups is 1. The molecule has 2 aromatic rings. The van der Waals surface area contributed by atoms with Crippen LogP contribution in [0.4, 0.5) is 11.9 Å². The van der Waals surface area contributed by atoms with E-state index in [-0.39, 0.29) is 6.01 Å². The largest absolute Gasteiger partial charge is 0.352 e. The maximum absolute atomic E-state index is 5.59. The van der Waals surface area contributed by atoms with Gasteiger partial charge in [-0.3, -0.25) is 0 Å². The molecule has 0 aromatic carbocycles. The molecule has 0 aliphatic carbocycles. The average molecular weight is 408 g/mol. The lowest BCUT2D eigenvalue weighted by molar-refractivity contribution is 0.312. The Hall–Kier alpha value is -2.07. The van der Waals surface area contributed by atoms with Gasteiger partial charge in [-0.05, 0) is 45.8 Å². The minimum absolute atomic E-state index is 0.200. The Kier molecular flexibility index (Phi) is 6.05. The van der Waals surface area contributed by atoms with Crippen LogP contribution in [0.15, 0.2) is 5.16 Å². The van der Waals surface area contributed by atoms with Crippen molar-refractivity contribution in [2.45, 2.75) is 40.2 Å². The van der Waals surface area contributed by atoms with Crippen LogP contribution in [0.5, 0.6) is 6.01 Å². The molecule has 0 unspecified atom stereocenters. The van der Waals surface area contributed by atoms with E-state index in [1.165, 1.54) is 11.3 Å². The Labute approximate surface area is 168 Å². The fourth-order valence-corrected chi connectivity index (χ4v) is 4.47. The second kappa shape index (κ2) is 8.30. The molecule has 10 heteroatoms. The van der Waals surface area contributed by atoms with E-state index in [0.29, 0.717) is 11.9 Å². The Morgan fingerprint density at radius 2 is 1.96 bits per heavy atom. The lowest BCUT2D eigenvalue weighted by Gasteiger charge is -2.17. The van der Waals surface area contributed by atoms with Gasteiger partial charge in [0.2, 0.25) is 11.9 Å². The Morgan fingerprint density at radius 1 is 1.26 bits per heavy atom. The van der Waals surface area contributed by atoms with Crippen molar-refractivity contribution in [1.82, 2.24) is 19.5 Å². The second-order valence-electron chi connectivity index (χ2n) is 6.60. The number of nitrogens with zero attached hydrogens (tertiary/aromatic N) is 7. The van der Waals surface area contributed by atoms with Crippen LogP contribution in [0.3, 0.4) is 0 Å². The summed E-state index contributed by atoms with van der Waals surface area (Å²) in [5.41, 5.74) is 1.85. The topological polar surface area (TPSA) is 71.7 Å². The first-order valence-corrected chi connectivity index (χ1v) is 10.2. The van der Waals surface area contributed by atoms with Crippen molar-refractivity contribution in [2.24, 2.45) is 5.16 Å². The predicted octanol–water partition coefficient (Wildman–Crippen LogP) is 3.26. The normalized spacial score (nSPS) is 14.7. The third-order valence-electron chi connectivity index (χ3n) is 4.43. The van der Waals surface area contributed by atoms with Gasteiger partial charge in [0.1, 0.15) is 0 Å². The molecule has 8 nitrogen and oxygen atoms in total. The highest BCUT2D eigenvalue weighted by Gasteiger charge is 2.19. The van der Waals surface area contributed by atoms with Crippen molar-refractivity contribution in [2.75, 3.05) is 37.0 Å². The number of rotatable bonds is 6. The van der Waals surface area contributed by atoms with E-state index in [1.807, 2.05) is 32.8 Å². The van der Waals surface area contributed by atoms with Gasteiger partial charge < -0.3 is 19.2 Å². The summed E-state index contributed by atoms with van der Waals surface area (Å²) >= 11 is 6.96. The Morgan fingerprint density at radius 3 is 2.56 bits per heavy atom. The van der Waals surface area contributed by atoms with E-state index in [4.69, 9.17) is 17.1 Å². The Balaban J connectivity index is 1.88. The molecule has 0 N–H and O–H groups in total. The molecule has 1 aliphatic heterocycles. The third-order valence-corrected chi connectivity index (χ3v) is 6.09. The zero-order chi connectivity index (χ0) is 19.6. The van der Waals surface area contributed by atoms with E-state index < -0.39 is 0 Å². The minimum Gasteiger partial charge on any atom is -0.347 e. The van der Waals surface area contributed by atoms with Gasteiger partial charge >= 0.3 is 6.01 Å². The van der Waals surface area contributed by atoms with Crippen LogP contribution in [0.2, 0.25) is 0 Å². The van der Waals surface area contributed by atoms with Gasteiger partial charge in [-0.1, -0.05) is 5.16 Å². The average Bonchev–Trinajstić information content (AvgIpc) is 3.27. The highest BCUT2D eigenvalue weighted by Crippen LogP contribution is 2.22. The number of thiazole rings is 1. The number of hydrogen-bond donors (Lipinski definition) is 0. The summed E-state index contributed by atoms with van der Waals surface area (Å²) in [7, 11) is 3.79. The Bertz CT molecular complexity index is 897. The van der Waals surface area contributed by atoms with Crippen LogP contribution in [0, 0.1) is 10.9 Å². The summed E-state index contributed by atoms with van der Waals surface area (Å²) in [5, 5.41) is 4.26. The van der Waals surface area contributed by atoms with Crippen LogP contribution in [0.25, 0.3) is 0 Å². The van der Waals surface area contributed by atoms with E-state index in [9.17, 15) is 0 Å². The number of aromatic nitrogens is 4. The van der Waals surface area contributed by atoms with Gasteiger partial charge in [0.15, 0.2) is 3.95 Å². The monoisotopic (exact) mass is 407 g/mol. The fourth-order valence-electron chi connectivity index (χ4n) is 2.96. The van der Waals surface area contributed by atoms with E-state index in [0.717, 1.165) is 52.7 Å². The van der Waals surface area contributed by atoms with E-state index >= 15 is 0 Å². The van der Waals surface area contributed by atoms with E-state index in [1.54, 1.807) is 0 Å². The summed E-state index contributed by atoms with van der Waals surface area (Å²) in [6.45, 7) is 8.77. The van der Waals surface area contributed by atoms with Crippen molar-refractivity contribution < 1.29 is 4.84 Å². The lowest BCUT2D eigenvalue weighted by atomic mass is 10.3. The van der Waals surface area contributed by atoms with Gasteiger partial charge in [-0.2, -0.15) is 15.0 Å². The maximum atomic E-state index is 5.59. The van der Waals surface area contributed by atoms with Gasteiger partial charge in [-0.25, -0.2) is 0 Å². The highest BCUT2D eigenvalue weighted by atomic mass is 32.1. The van der Waals surface area contributed by atoms with Crippen LogP contribution in [0.1, 0.15) is 37.3 Å². The van der Waals surface area contributed by atoms with Crippen molar-refractivity contribution in [3.05, 3.63) is 14.5 Å². The SMILES string of the molecule is CCn1c(C)c(/C(C)=N/Oc2nc(N(C)C)nc(N3CCCC3)n2)sc1=S. The van der Waals surface area contributed by atoms with Crippen LogP contribution >= 0.6 is 23.6 Å². The molecule has 0 spiro atoms. The zero-order valence-electron chi connectivity index (χ0n) is 16.4. The molecule has 3 rings (SSSR count). The summed E-state index contributed by atoms with van der Waals surface area (Å²) in [6.07, 6.45) is 2.30. The molecule has 3 heterocycles. The highest BCUT2D eigenvalue weighted by molar-refractivity contribution is 7.73. The number of hydrogen-bond acceptors (Lipinski definition) is 9. The fraction of sp³-hybridized carbons (Fsp3) is 0.588. The van der Waals surface area contributed by atoms with Crippen molar-refractivity contribution >= 4 is 41.2 Å². The molecular weight excluding hydrogens is 382 g/mol. The van der Waals surface area contributed by atoms with Crippen molar-refractivity contribution in [3.8, 4) is 6.01 Å². The summed E-state index contributed by atoms with van der Waals surface area (Å²) < 4.78 is 2.93. The van der Waals surface area contributed by atoms with E-state index in [2.05, 4.69) is 36.5 Å². The van der Waals surface area contributed by atoms with Crippen molar-refractivity contribution in [1.29, 1.82) is 0 Å². The summed E-state index contributed by atoms with van der Waals surface area (Å²) in [5.74, 6) is 1.19. The first kappa shape index (κ1) is 19.7. The molecule has 0 atom stereocenters. The molecule has 1 saturated heterocycles.